The largest absolute Gasteiger partial charge is 0.381 e. The van der Waals surface area contributed by atoms with Gasteiger partial charge in [0.15, 0.2) is 11.6 Å². The van der Waals surface area contributed by atoms with Gasteiger partial charge < -0.3 is 4.74 Å². The number of carbonyl (C=O) groups excluding carboxylic acids is 1. The molecular formula is C13H14ClFO2. The monoisotopic (exact) mass is 256 g/mol. The van der Waals surface area contributed by atoms with E-state index in [0.29, 0.717) is 25.6 Å². The molecule has 0 spiro atoms. The fourth-order valence-corrected chi connectivity index (χ4v) is 2.22. The normalized spacial score (nSPS) is 17.1. The van der Waals surface area contributed by atoms with Gasteiger partial charge in [-0.05, 0) is 30.9 Å². The summed E-state index contributed by atoms with van der Waals surface area (Å²) in [5, 5.41) is 0.00262. The average Bonchev–Trinajstić information content (AvgIpc) is 2.34. The highest BCUT2D eigenvalue weighted by molar-refractivity contribution is 6.31. The molecule has 17 heavy (non-hydrogen) atoms. The molecule has 4 heteroatoms. The summed E-state index contributed by atoms with van der Waals surface area (Å²) >= 11 is 5.65. The second-order valence-corrected chi connectivity index (χ2v) is 4.69. The van der Waals surface area contributed by atoms with Crippen LogP contribution in [-0.2, 0) is 4.74 Å². The quantitative estimate of drug-likeness (QED) is 0.774. The predicted molar refractivity (Wildman–Crippen MR) is 63.9 cm³/mol. The first-order chi connectivity index (χ1) is 8.18. The molecule has 0 aliphatic carbocycles. The highest BCUT2D eigenvalue weighted by Crippen LogP contribution is 2.24. The van der Waals surface area contributed by atoms with E-state index < -0.39 is 5.82 Å². The fraction of sp³-hybridized carbons (Fsp3) is 0.462. The maximum absolute atomic E-state index is 13.6. The second kappa shape index (κ2) is 5.61. The highest BCUT2D eigenvalue weighted by atomic mass is 35.5. The van der Waals surface area contributed by atoms with Gasteiger partial charge in [-0.1, -0.05) is 17.7 Å². The van der Waals surface area contributed by atoms with Gasteiger partial charge in [0.2, 0.25) is 0 Å². The molecule has 0 atom stereocenters. The molecule has 0 radical (unpaired) electrons. The lowest BCUT2D eigenvalue weighted by Crippen LogP contribution is -2.19. The lowest BCUT2D eigenvalue weighted by atomic mass is 9.92. The summed E-state index contributed by atoms with van der Waals surface area (Å²) < 4.78 is 18.9. The number of hydrogen-bond acceptors (Lipinski definition) is 2. The second-order valence-electron chi connectivity index (χ2n) is 4.28. The standard InChI is InChI=1S/C13H14ClFO2/c14-11-3-1-2-10(13(11)15)12(16)8-9-4-6-17-7-5-9/h1-3,9H,4-8H2. The topological polar surface area (TPSA) is 26.3 Å². The zero-order valence-corrected chi connectivity index (χ0v) is 10.2. The summed E-state index contributed by atoms with van der Waals surface area (Å²) in [5.41, 5.74) is 0.101. The molecule has 0 bridgehead atoms. The molecule has 0 N–H and O–H groups in total. The first-order valence-corrected chi connectivity index (χ1v) is 6.11. The Morgan fingerprint density at radius 2 is 2.12 bits per heavy atom. The molecule has 0 aromatic heterocycles. The molecule has 1 aliphatic rings. The molecule has 2 rings (SSSR count). The SMILES string of the molecule is O=C(CC1CCOCC1)c1cccc(Cl)c1F. The van der Waals surface area contributed by atoms with Gasteiger partial charge in [0.25, 0.3) is 0 Å². The van der Waals surface area contributed by atoms with Gasteiger partial charge >= 0.3 is 0 Å². The lowest BCUT2D eigenvalue weighted by Gasteiger charge is -2.21. The van der Waals surface area contributed by atoms with E-state index in [4.69, 9.17) is 16.3 Å². The zero-order valence-electron chi connectivity index (χ0n) is 9.42. The van der Waals surface area contributed by atoms with Crippen molar-refractivity contribution < 1.29 is 13.9 Å². The number of benzene rings is 1. The first-order valence-electron chi connectivity index (χ1n) is 5.73. The van der Waals surface area contributed by atoms with Crippen molar-refractivity contribution >= 4 is 17.4 Å². The third kappa shape index (κ3) is 3.05. The van der Waals surface area contributed by atoms with Gasteiger partial charge in [0, 0.05) is 19.6 Å². The van der Waals surface area contributed by atoms with Crippen LogP contribution in [-0.4, -0.2) is 19.0 Å². The summed E-state index contributed by atoms with van der Waals surface area (Å²) in [6, 6.07) is 4.54. The van der Waals surface area contributed by atoms with Gasteiger partial charge in [0.05, 0.1) is 10.6 Å². The molecular weight excluding hydrogens is 243 g/mol. The van der Waals surface area contributed by atoms with Crippen LogP contribution < -0.4 is 0 Å². The van der Waals surface area contributed by atoms with Crippen molar-refractivity contribution in [1.29, 1.82) is 0 Å². The van der Waals surface area contributed by atoms with Crippen molar-refractivity contribution in [3.63, 3.8) is 0 Å². The van der Waals surface area contributed by atoms with Gasteiger partial charge in [-0.15, -0.1) is 0 Å². The Kier molecular flexibility index (Phi) is 4.13. The minimum Gasteiger partial charge on any atom is -0.381 e. The van der Waals surface area contributed by atoms with E-state index in [2.05, 4.69) is 0 Å². The molecule has 92 valence electrons. The lowest BCUT2D eigenvalue weighted by molar-refractivity contribution is 0.0600. The number of hydrogen-bond donors (Lipinski definition) is 0. The van der Waals surface area contributed by atoms with E-state index in [1.54, 1.807) is 6.07 Å². The number of rotatable bonds is 3. The Morgan fingerprint density at radius 1 is 1.41 bits per heavy atom. The van der Waals surface area contributed by atoms with Crippen LogP contribution in [0.15, 0.2) is 18.2 Å². The Morgan fingerprint density at radius 3 is 2.82 bits per heavy atom. The Hall–Kier alpha value is -0.930. The van der Waals surface area contributed by atoms with Gasteiger partial charge in [-0.2, -0.15) is 0 Å². The molecule has 0 amide bonds. The van der Waals surface area contributed by atoms with Crippen molar-refractivity contribution in [2.45, 2.75) is 19.3 Å². The molecule has 1 aliphatic heterocycles. The summed E-state index contributed by atoms with van der Waals surface area (Å²) in [6.07, 6.45) is 2.11. The van der Waals surface area contributed by atoms with E-state index in [0.717, 1.165) is 12.8 Å². The summed E-state index contributed by atoms with van der Waals surface area (Å²) in [6.45, 7) is 1.38. The Balaban J connectivity index is 2.06. The third-order valence-corrected chi connectivity index (χ3v) is 3.36. The average molecular weight is 257 g/mol. The molecule has 1 saturated heterocycles. The zero-order chi connectivity index (χ0) is 12.3. The fourth-order valence-electron chi connectivity index (χ4n) is 2.04. The van der Waals surface area contributed by atoms with Crippen LogP contribution in [0, 0.1) is 11.7 Å². The summed E-state index contributed by atoms with van der Waals surface area (Å²) in [4.78, 5) is 11.9. The molecule has 1 heterocycles. The Labute approximate surface area is 105 Å². The van der Waals surface area contributed by atoms with E-state index >= 15 is 0 Å². The van der Waals surface area contributed by atoms with Crippen molar-refractivity contribution in [3.05, 3.63) is 34.6 Å². The van der Waals surface area contributed by atoms with Gasteiger partial charge in [-0.25, -0.2) is 4.39 Å². The summed E-state index contributed by atoms with van der Waals surface area (Å²) in [5.74, 6) is -0.474. The number of ether oxygens (including phenoxy) is 1. The van der Waals surface area contributed by atoms with E-state index in [9.17, 15) is 9.18 Å². The maximum atomic E-state index is 13.6. The number of Topliss-reactive ketones (excluding diaryl/α,β-unsaturated/α-hetero) is 1. The third-order valence-electron chi connectivity index (χ3n) is 3.07. The van der Waals surface area contributed by atoms with Crippen LogP contribution >= 0.6 is 11.6 Å². The molecule has 0 saturated carbocycles. The summed E-state index contributed by atoms with van der Waals surface area (Å²) in [7, 11) is 0. The molecule has 1 aromatic carbocycles. The molecule has 1 aromatic rings. The minimum atomic E-state index is -0.605. The van der Waals surface area contributed by atoms with Crippen molar-refractivity contribution in [2.24, 2.45) is 5.92 Å². The molecule has 0 unspecified atom stereocenters. The van der Waals surface area contributed by atoms with Crippen molar-refractivity contribution in [1.82, 2.24) is 0 Å². The molecule has 2 nitrogen and oxygen atoms in total. The maximum Gasteiger partial charge on any atom is 0.166 e. The number of ketones is 1. The van der Waals surface area contributed by atoms with Crippen LogP contribution in [0.3, 0.4) is 0 Å². The van der Waals surface area contributed by atoms with E-state index in [1.165, 1.54) is 12.1 Å². The minimum absolute atomic E-state index is 0.00262. The van der Waals surface area contributed by atoms with E-state index in [-0.39, 0.29) is 16.4 Å². The van der Waals surface area contributed by atoms with Gasteiger partial charge in [0.1, 0.15) is 0 Å². The van der Waals surface area contributed by atoms with Crippen molar-refractivity contribution in [2.75, 3.05) is 13.2 Å². The van der Waals surface area contributed by atoms with Crippen LogP contribution in [0.5, 0.6) is 0 Å². The number of halogens is 2. The Bertz CT molecular complexity index is 414. The van der Waals surface area contributed by atoms with Crippen molar-refractivity contribution in [3.8, 4) is 0 Å². The van der Waals surface area contributed by atoms with Crippen LogP contribution in [0.1, 0.15) is 29.6 Å². The van der Waals surface area contributed by atoms with Gasteiger partial charge in [-0.3, -0.25) is 4.79 Å². The van der Waals surface area contributed by atoms with Crippen LogP contribution in [0.25, 0.3) is 0 Å². The number of carbonyl (C=O) groups is 1. The smallest absolute Gasteiger partial charge is 0.166 e. The van der Waals surface area contributed by atoms with E-state index in [1.807, 2.05) is 0 Å². The first kappa shape index (κ1) is 12.5. The predicted octanol–water partition coefficient (Wildman–Crippen LogP) is 3.48. The molecule has 1 fully saturated rings. The van der Waals surface area contributed by atoms with Crippen LogP contribution in [0.4, 0.5) is 4.39 Å². The highest BCUT2D eigenvalue weighted by Gasteiger charge is 2.20. The van der Waals surface area contributed by atoms with Crippen LogP contribution in [0.2, 0.25) is 5.02 Å².